The predicted molar refractivity (Wildman–Crippen MR) is 86.3 cm³/mol. The normalized spacial score (nSPS) is 15.5. The van der Waals surface area contributed by atoms with Crippen LogP contribution in [0.4, 0.5) is 0 Å². The van der Waals surface area contributed by atoms with Gasteiger partial charge in [-0.1, -0.05) is 24.3 Å². The van der Waals surface area contributed by atoms with Crippen molar-refractivity contribution in [2.75, 3.05) is 0 Å². The van der Waals surface area contributed by atoms with E-state index in [9.17, 15) is 9.90 Å². The summed E-state index contributed by atoms with van der Waals surface area (Å²) in [6.45, 7) is 2.03. The molecule has 1 aliphatic carbocycles. The van der Waals surface area contributed by atoms with Crippen LogP contribution in [0.5, 0.6) is 0 Å². The minimum Gasteiger partial charge on any atom is -0.374 e. The maximum absolute atomic E-state index is 11.1. The van der Waals surface area contributed by atoms with E-state index >= 15 is 0 Å². The van der Waals surface area contributed by atoms with Gasteiger partial charge in [-0.3, -0.25) is 10.1 Å². The predicted octanol–water partition coefficient (Wildman–Crippen LogP) is 2.50. The molecule has 1 atom stereocenters. The van der Waals surface area contributed by atoms with E-state index < -0.39 is 12.1 Å². The summed E-state index contributed by atoms with van der Waals surface area (Å²) in [6, 6.07) is 13.6. The average Bonchev–Trinajstić information content (AvgIpc) is 3.31. The van der Waals surface area contributed by atoms with Crippen molar-refractivity contribution in [2.24, 2.45) is 5.73 Å². The molecule has 0 radical (unpaired) electrons. The van der Waals surface area contributed by atoms with Gasteiger partial charge in [-0.2, -0.15) is 0 Å². The lowest BCUT2D eigenvalue weighted by Gasteiger charge is -2.15. The van der Waals surface area contributed by atoms with Gasteiger partial charge in [0.15, 0.2) is 0 Å². The minimum absolute atomic E-state index is 0.430. The van der Waals surface area contributed by atoms with Crippen molar-refractivity contribution in [3.63, 3.8) is 0 Å². The monoisotopic (exact) mass is 296 g/mol. The van der Waals surface area contributed by atoms with Crippen molar-refractivity contribution < 1.29 is 9.90 Å². The molecule has 4 nitrogen and oxygen atoms in total. The van der Waals surface area contributed by atoms with Gasteiger partial charge in [-0.15, -0.1) is 0 Å². The number of carbonyl (C=O) groups is 1. The van der Waals surface area contributed by atoms with Gasteiger partial charge in [0.2, 0.25) is 5.91 Å². The molecule has 1 aliphatic rings. The summed E-state index contributed by atoms with van der Waals surface area (Å²) in [5, 5.41) is 13.4. The number of nitrogens with two attached hydrogens (primary N) is 1. The molecule has 0 bridgehead atoms. The highest BCUT2D eigenvalue weighted by molar-refractivity contribution is 5.93. The number of carbonyl (C=O) groups excluding carboxylic acids is 1. The van der Waals surface area contributed by atoms with Crippen LogP contribution in [0.25, 0.3) is 11.1 Å². The van der Waals surface area contributed by atoms with E-state index in [0.717, 1.165) is 35.1 Å². The molecule has 114 valence electrons. The van der Waals surface area contributed by atoms with E-state index in [1.165, 1.54) is 0 Å². The number of hydrogen-bond donors (Lipinski definition) is 3. The van der Waals surface area contributed by atoms with E-state index in [1.54, 1.807) is 12.1 Å². The maximum Gasteiger partial charge on any atom is 0.248 e. The van der Waals surface area contributed by atoms with Gasteiger partial charge in [-0.25, -0.2) is 0 Å². The van der Waals surface area contributed by atoms with Crippen molar-refractivity contribution in [3.05, 3.63) is 59.2 Å². The molecule has 1 amide bonds. The largest absolute Gasteiger partial charge is 0.374 e. The van der Waals surface area contributed by atoms with E-state index in [-0.39, 0.29) is 0 Å². The number of benzene rings is 2. The van der Waals surface area contributed by atoms with Gasteiger partial charge >= 0.3 is 0 Å². The molecule has 0 spiro atoms. The second-order valence-corrected chi connectivity index (χ2v) is 5.86. The van der Waals surface area contributed by atoms with Crippen LogP contribution in [-0.2, 0) is 0 Å². The zero-order chi connectivity index (χ0) is 15.7. The van der Waals surface area contributed by atoms with Crippen molar-refractivity contribution in [2.45, 2.75) is 32.0 Å². The number of primary amides is 1. The summed E-state index contributed by atoms with van der Waals surface area (Å²) in [7, 11) is 0. The lowest BCUT2D eigenvalue weighted by atomic mass is 9.96. The van der Waals surface area contributed by atoms with Crippen LogP contribution in [0.3, 0.4) is 0 Å². The molecule has 3 rings (SSSR count). The van der Waals surface area contributed by atoms with Crippen LogP contribution >= 0.6 is 0 Å². The maximum atomic E-state index is 11.1. The van der Waals surface area contributed by atoms with Gasteiger partial charge in [-0.05, 0) is 60.2 Å². The number of aryl methyl sites for hydroxylation is 1. The zero-order valence-corrected chi connectivity index (χ0v) is 12.5. The Hall–Kier alpha value is -2.17. The molecule has 4 heteroatoms. The summed E-state index contributed by atoms with van der Waals surface area (Å²) < 4.78 is 0. The number of amides is 1. The number of nitrogens with one attached hydrogen (secondary N) is 1. The molecule has 0 heterocycles. The molecule has 0 aromatic heterocycles. The Morgan fingerprint density at radius 1 is 1.23 bits per heavy atom. The fraction of sp³-hybridized carbons (Fsp3) is 0.278. The van der Waals surface area contributed by atoms with E-state index in [0.29, 0.717) is 11.6 Å². The van der Waals surface area contributed by atoms with E-state index in [1.807, 2.05) is 37.3 Å². The van der Waals surface area contributed by atoms with E-state index in [2.05, 4.69) is 5.32 Å². The highest BCUT2D eigenvalue weighted by Gasteiger charge is 2.24. The third-order valence-electron chi connectivity index (χ3n) is 4.03. The van der Waals surface area contributed by atoms with Gasteiger partial charge in [0, 0.05) is 11.6 Å². The summed E-state index contributed by atoms with van der Waals surface area (Å²) in [6.07, 6.45) is 1.62. The zero-order valence-electron chi connectivity index (χ0n) is 12.5. The van der Waals surface area contributed by atoms with Crippen LogP contribution < -0.4 is 11.1 Å². The molecule has 0 aliphatic heterocycles. The number of aliphatic hydroxyl groups is 1. The van der Waals surface area contributed by atoms with Crippen LogP contribution in [-0.4, -0.2) is 17.1 Å². The smallest absolute Gasteiger partial charge is 0.248 e. The average molecular weight is 296 g/mol. The van der Waals surface area contributed by atoms with Gasteiger partial charge < -0.3 is 10.8 Å². The second kappa shape index (κ2) is 5.91. The fourth-order valence-corrected chi connectivity index (χ4v) is 2.50. The molecular formula is C18H20N2O2. The third kappa shape index (κ3) is 3.18. The van der Waals surface area contributed by atoms with Crippen LogP contribution in [0.1, 0.15) is 40.6 Å². The quantitative estimate of drug-likeness (QED) is 0.742. The lowest BCUT2D eigenvalue weighted by molar-refractivity contribution is 0.1000. The Morgan fingerprint density at radius 3 is 2.50 bits per heavy atom. The molecule has 2 aromatic carbocycles. The Morgan fingerprint density at radius 2 is 1.91 bits per heavy atom. The van der Waals surface area contributed by atoms with Gasteiger partial charge in [0.05, 0.1) is 0 Å². The summed E-state index contributed by atoms with van der Waals surface area (Å²) in [5.41, 5.74) is 9.78. The molecule has 2 aromatic rings. The first-order valence-electron chi connectivity index (χ1n) is 7.49. The highest BCUT2D eigenvalue weighted by atomic mass is 16.3. The van der Waals surface area contributed by atoms with Gasteiger partial charge in [0.25, 0.3) is 0 Å². The number of aliphatic hydroxyl groups excluding tert-OH is 1. The first kappa shape index (κ1) is 14.8. The fourth-order valence-electron chi connectivity index (χ4n) is 2.50. The summed E-state index contributed by atoms with van der Waals surface area (Å²) in [5.74, 6) is -0.430. The van der Waals surface area contributed by atoms with Crippen LogP contribution in [0, 0.1) is 6.92 Å². The van der Waals surface area contributed by atoms with Crippen LogP contribution in [0.2, 0.25) is 0 Å². The van der Waals surface area contributed by atoms with Crippen LogP contribution in [0.15, 0.2) is 42.5 Å². The molecule has 1 saturated carbocycles. The number of hydrogen-bond acceptors (Lipinski definition) is 3. The Bertz CT molecular complexity index is 691. The standard InChI is InChI=1S/C18H20N2O2/c1-11-2-3-14(18(22)20-15-8-9-15)10-16(11)12-4-6-13(7-5-12)17(19)21/h2-7,10,15,18,20,22H,8-9H2,1H3,(H2,19,21). The minimum atomic E-state index is -0.642. The SMILES string of the molecule is Cc1ccc(C(O)NC2CC2)cc1-c1ccc(C(N)=O)cc1. The van der Waals surface area contributed by atoms with Crippen molar-refractivity contribution in [1.29, 1.82) is 0 Å². The topological polar surface area (TPSA) is 75.3 Å². The molecule has 1 unspecified atom stereocenters. The van der Waals surface area contributed by atoms with Crippen molar-refractivity contribution in [3.8, 4) is 11.1 Å². The Balaban J connectivity index is 1.89. The molecule has 22 heavy (non-hydrogen) atoms. The number of rotatable bonds is 5. The Labute approximate surface area is 130 Å². The van der Waals surface area contributed by atoms with Crippen molar-refractivity contribution >= 4 is 5.91 Å². The Kier molecular flexibility index (Phi) is 3.96. The van der Waals surface area contributed by atoms with Crippen molar-refractivity contribution in [1.82, 2.24) is 5.32 Å². The third-order valence-corrected chi connectivity index (χ3v) is 4.03. The molecular weight excluding hydrogens is 276 g/mol. The molecule has 0 saturated heterocycles. The summed E-state index contributed by atoms with van der Waals surface area (Å²) in [4.78, 5) is 11.1. The molecule has 4 N–H and O–H groups in total. The first-order chi connectivity index (χ1) is 10.5. The van der Waals surface area contributed by atoms with Gasteiger partial charge in [0.1, 0.15) is 6.23 Å². The summed E-state index contributed by atoms with van der Waals surface area (Å²) >= 11 is 0. The lowest BCUT2D eigenvalue weighted by Crippen LogP contribution is -2.22. The van der Waals surface area contributed by atoms with E-state index in [4.69, 9.17) is 5.73 Å². The second-order valence-electron chi connectivity index (χ2n) is 5.86. The first-order valence-corrected chi connectivity index (χ1v) is 7.49. The molecule has 1 fully saturated rings. The highest BCUT2D eigenvalue weighted by Crippen LogP contribution is 2.28.